The lowest BCUT2D eigenvalue weighted by Gasteiger charge is -2.40. The summed E-state index contributed by atoms with van der Waals surface area (Å²) in [6.07, 6.45) is 5.01. The Balaban J connectivity index is 1.91. The van der Waals surface area contributed by atoms with E-state index in [1.807, 2.05) is 19.1 Å². The Kier molecular flexibility index (Phi) is 4.71. The fraction of sp³-hybridized carbons (Fsp3) is 0.611. The zero-order valence-corrected chi connectivity index (χ0v) is 15.0. The van der Waals surface area contributed by atoms with Crippen molar-refractivity contribution in [3.8, 4) is 0 Å². The molecule has 2 N–H and O–H groups in total. The number of sulfonamides is 1. The fourth-order valence-corrected chi connectivity index (χ4v) is 5.68. The molecule has 1 aromatic carbocycles. The largest absolute Gasteiger partial charge is 0.369 e. The van der Waals surface area contributed by atoms with Crippen LogP contribution in [0.1, 0.15) is 44.6 Å². The molecule has 1 amide bonds. The van der Waals surface area contributed by atoms with Crippen LogP contribution in [0.15, 0.2) is 29.2 Å². The minimum absolute atomic E-state index is 0.221. The molecule has 2 fully saturated rings. The Bertz CT molecular complexity index is 728. The number of hydrogen-bond donors (Lipinski definition) is 1. The lowest BCUT2D eigenvalue weighted by molar-refractivity contribution is -0.130. The van der Waals surface area contributed by atoms with E-state index in [4.69, 9.17) is 5.73 Å². The third-order valence-corrected chi connectivity index (χ3v) is 7.36. The first-order chi connectivity index (χ1) is 11.4. The van der Waals surface area contributed by atoms with Crippen molar-refractivity contribution in [3.63, 3.8) is 0 Å². The second-order valence-corrected chi connectivity index (χ2v) is 9.10. The average molecular weight is 350 g/mol. The highest BCUT2D eigenvalue weighted by Gasteiger charge is 2.47. The van der Waals surface area contributed by atoms with E-state index in [0.717, 1.165) is 24.8 Å². The first-order valence-electron chi connectivity index (χ1n) is 8.77. The van der Waals surface area contributed by atoms with E-state index in [0.29, 0.717) is 36.6 Å². The summed E-state index contributed by atoms with van der Waals surface area (Å²) in [6.45, 7) is 2.63. The van der Waals surface area contributed by atoms with Gasteiger partial charge in [-0.3, -0.25) is 4.79 Å². The molecule has 0 spiro atoms. The highest BCUT2D eigenvalue weighted by atomic mass is 32.2. The van der Waals surface area contributed by atoms with Crippen molar-refractivity contribution >= 4 is 15.9 Å². The second-order valence-electron chi connectivity index (χ2n) is 7.20. The molecule has 0 aromatic heterocycles. The molecule has 132 valence electrons. The van der Waals surface area contributed by atoms with Crippen LogP contribution in [0.25, 0.3) is 0 Å². The number of carbonyl (C=O) groups is 1. The fourth-order valence-electron chi connectivity index (χ4n) is 3.82. The lowest BCUT2D eigenvalue weighted by atomic mass is 9.75. The molecule has 0 bridgehead atoms. The van der Waals surface area contributed by atoms with Gasteiger partial charge >= 0.3 is 0 Å². The molecule has 3 rings (SSSR count). The molecule has 0 radical (unpaired) electrons. The van der Waals surface area contributed by atoms with Crippen molar-refractivity contribution in [2.24, 2.45) is 17.1 Å². The van der Waals surface area contributed by atoms with Gasteiger partial charge < -0.3 is 5.73 Å². The first-order valence-corrected chi connectivity index (χ1v) is 10.2. The maximum Gasteiger partial charge on any atom is 0.243 e. The van der Waals surface area contributed by atoms with E-state index in [-0.39, 0.29) is 12.5 Å². The topological polar surface area (TPSA) is 80.5 Å². The van der Waals surface area contributed by atoms with E-state index in [2.05, 4.69) is 0 Å². The van der Waals surface area contributed by atoms with Crippen molar-refractivity contribution in [2.75, 3.05) is 13.1 Å². The summed E-state index contributed by atoms with van der Waals surface area (Å²) < 4.78 is 27.8. The molecule has 1 saturated carbocycles. The summed E-state index contributed by atoms with van der Waals surface area (Å²) in [6, 6.07) is 7.12. The number of aryl methyl sites for hydroxylation is 1. The highest BCUT2D eigenvalue weighted by molar-refractivity contribution is 7.89. The smallest absolute Gasteiger partial charge is 0.243 e. The number of piperidine rings is 1. The number of carbonyl (C=O) groups excluding carboxylic acids is 1. The molecule has 1 atom stereocenters. The molecule has 1 aliphatic carbocycles. The van der Waals surface area contributed by atoms with Crippen LogP contribution < -0.4 is 5.73 Å². The van der Waals surface area contributed by atoms with Gasteiger partial charge in [0.25, 0.3) is 0 Å². The third kappa shape index (κ3) is 3.22. The van der Waals surface area contributed by atoms with Crippen molar-refractivity contribution in [1.82, 2.24) is 4.31 Å². The Morgan fingerprint density at radius 1 is 1.33 bits per heavy atom. The molecule has 1 heterocycles. The van der Waals surface area contributed by atoms with Crippen LogP contribution >= 0.6 is 0 Å². The highest BCUT2D eigenvalue weighted by Crippen LogP contribution is 2.45. The molecule has 1 aromatic rings. The molecule has 2 aliphatic rings. The molecule has 6 heteroatoms. The van der Waals surface area contributed by atoms with Crippen molar-refractivity contribution in [1.29, 1.82) is 0 Å². The van der Waals surface area contributed by atoms with Gasteiger partial charge in [0.1, 0.15) is 0 Å². The van der Waals surface area contributed by atoms with Gasteiger partial charge in [0.15, 0.2) is 0 Å². The van der Waals surface area contributed by atoms with Crippen molar-refractivity contribution in [2.45, 2.75) is 50.3 Å². The molecule has 0 unspecified atom stereocenters. The third-order valence-electron chi connectivity index (χ3n) is 5.41. The summed E-state index contributed by atoms with van der Waals surface area (Å²) in [5, 5.41) is 0. The minimum Gasteiger partial charge on any atom is -0.369 e. The van der Waals surface area contributed by atoms with Gasteiger partial charge in [-0.05, 0) is 43.2 Å². The summed E-state index contributed by atoms with van der Waals surface area (Å²) in [5.74, 6) is 0.182. The predicted octanol–water partition coefficient (Wildman–Crippen LogP) is 2.31. The monoisotopic (exact) mass is 350 g/mol. The molecular formula is C18H26N2O3S. The second kappa shape index (κ2) is 6.48. The number of amides is 1. The van der Waals surface area contributed by atoms with Crippen LogP contribution in [0.4, 0.5) is 0 Å². The molecule has 24 heavy (non-hydrogen) atoms. The van der Waals surface area contributed by atoms with Gasteiger partial charge in [0.2, 0.25) is 15.9 Å². The SMILES string of the molecule is CCc1ccccc1S(=O)(=O)N1CCC[C@](CC2CC2)(C(N)=O)C1. The minimum atomic E-state index is -3.60. The number of benzene rings is 1. The standard InChI is InChI=1S/C18H26N2O3S/c1-2-15-6-3-4-7-16(15)24(22,23)20-11-5-10-18(13-20,17(19)21)12-14-8-9-14/h3-4,6-7,14H,2,5,8-13H2,1H3,(H2,19,21)/t18-/m1/s1. The van der Waals surface area contributed by atoms with Crippen LogP contribution in [-0.4, -0.2) is 31.7 Å². The maximum atomic E-state index is 13.2. The van der Waals surface area contributed by atoms with E-state index >= 15 is 0 Å². The Labute approximate surface area is 144 Å². The maximum absolute atomic E-state index is 13.2. The molecular weight excluding hydrogens is 324 g/mol. The average Bonchev–Trinajstić information content (AvgIpc) is 3.38. The lowest BCUT2D eigenvalue weighted by Crippen LogP contribution is -2.52. The number of nitrogens with two attached hydrogens (primary N) is 1. The first kappa shape index (κ1) is 17.4. The van der Waals surface area contributed by atoms with Crippen molar-refractivity contribution < 1.29 is 13.2 Å². The summed E-state index contributed by atoms with van der Waals surface area (Å²) in [5.41, 5.74) is 5.83. The summed E-state index contributed by atoms with van der Waals surface area (Å²) >= 11 is 0. The summed E-state index contributed by atoms with van der Waals surface area (Å²) in [4.78, 5) is 12.5. The van der Waals surface area contributed by atoms with Gasteiger partial charge in [-0.2, -0.15) is 4.31 Å². The number of rotatable bonds is 6. The van der Waals surface area contributed by atoms with Crippen molar-refractivity contribution in [3.05, 3.63) is 29.8 Å². The number of nitrogens with zero attached hydrogens (tertiary/aromatic N) is 1. The van der Waals surface area contributed by atoms with Crippen LogP contribution in [-0.2, 0) is 21.2 Å². The number of hydrogen-bond acceptors (Lipinski definition) is 3. The van der Waals surface area contributed by atoms with E-state index in [9.17, 15) is 13.2 Å². The van der Waals surface area contributed by atoms with Crippen LogP contribution in [0.3, 0.4) is 0 Å². The quantitative estimate of drug-likeness (QED) is 0.855. The van der Waals surface area contributed by atoms with Gasteiger partial charge in [0.05, 0.1) is 10.3 Å². The Morgan fingerprint density at radius 2 is 2.04 bits per heavy atom. The number of primary amides is 1. The van der Waals surface area contributed by atoms with Gasteiger partial charge in [0, 0.05) is 13.1 Å². The van der Waals surface area contributed by atoms with E-state index in [1.54, 1.807) is 12.1 Å². The molecule has 5 nitrogen and oxygen atoms in total. The zero-order valence-electron chi connectivity index (χ0n) is 14.2. The Morgan fingerprint density at radius 3 is 2.67 bits per heavy atom. The summed E-state index contributed by atoms with van der Waals surface area (Å²) in [7, 11) is -3.60. The van der Waals surface area contributed by atoms with Gasteiger partial charge in [-0.1, -0.05) is 38.0 Å². The van der Waals surface area contributed by atoms with Crippen LogP contribution in [0, 0.1) is 11.3 Å². The predicted molar refractivity (Wildman–Crippen MR) is 92.8 cm³/mol. The van der Waals surface area contributed by atoms with E-state index in [1.165, 1.54) is 4.31 Å². The zero-order chi connectivity index (χ0) is 17.4. The molecule has 1 saturated heterocycles. The van der Waals surface area contributed by atoms with E-state index < -0.39 is 15.4 Å². The van der Waals surface area contributed by atoms with Crippen LogP contribution in [0.2, 0.25) is 0 Å². The van der Waals surface area contributed by atoms with Crippen LogP contribution in [0.5, 0.6) is 0 Å². The molecule has 1 aliphatic heterocycles. The normalized spacial score (nSPS) is 25.5. The van der Waals surface area contributed by atoms with Gasteiger partial charge in [-0.15, -0.1) is 0 Å². The van der Waals surface area contributed by atoms with Gasteiger partial charge in [-0.25, -0.2) is 8.42 Å². The Hall–Kier alpha value is -1.40.